The van der Waals surface area contributed by atoms with Crippen LogP contribution in [0.15, 0.2) is 48.5 Å². The van der Waals surface area contributed by atoms with Gasteiger partial charge < -0.3 is 20.4 Å². The maximum absolute atomic E-state index is 9.73. The van der Waals surface area contributed by atoms with Crippen LogP contribution in [0, 0.1) is 0 Å². The van der Waals surface area contributed by atoms with Crippen LogP contribution in [0.5, 0.6) is 5.75 Å². The van der Waals surface area contributed by atoms with E-state index in [1.807, 2.05) is 42.5 Å². The van der Waals surface area contributed by atoms with Gasteiger partial charge in [0.15, 0.2) is 0 Å². The molecule has 0 saturated heterocycles. The van der Waals surface area contributed by atoms with Gasteiger partial charge in [0, 0.05) is 36.6 Å². The fourth-order valence-electron chi connectivity index (χ4n) is 2.24. The SMILES string of the molecule is CCN(CCO)c1ccc(NCc2ccccc2O)cc1. The molecule has 0 aromatic heterocycles. The maximum atomic E-state index is 9.73. The van der Waals surface area contributed by atoms with Crippen molar-refractivity contribution in [2.75, 3.05) is 29.9 Å². The van der Waals surface area contributed by atoms with Gasteiger partial charge in [-0.05, 0) is 37.3 Å². The summed E-state index contributed by atoms with van der Waals surface area (Å²) in [6.45, 7) is 4.31. The predicted molar refractivity (Wildman–Crippen MR) is 86.8 cm³/mol. The van der Waals surface area contributed by atoms with Crippen LogP contribution in [0.25, 0.3) is 0 Å². The van der Waals surface area contributed by atoms with Gasteiger partial charge in [-0.1, -0.05) is 18.2 Å². The highest BCUT2D eigenvalue weighted by atomic mass is 16.3. The number of nitrogens with one attached hydrogen (secondary N) is 1. The van der Waals surface area contributed by atoms with E-state index < -0.39 is 0 Å². The molecule has 2 rings (SSSR count). The monoisotopic (exact) mass is 286 g/mol. The van der Waals surface area contributed by atoms with Crippen LogP contribution >= 0.6 is 0 Å². The van der Waals surface area contributed by atoms with E-state index in [0.29, 0.717) is 18.8 Å². The first-order valence-electron chi connectivity index (χ1n) is 7.21. The Labute approximate surface area is 125 Å². The number of hydrogen-bond acceptors (Lipinski definition) is 4. The number of likely N-dealkylation sites (N-methyl/N-ethyl adjacent to an activating group) is 1. The lowest BCUT2D eigenvalue weighted by atomic mass is 10.2. The second kappa shape index (κ2) is 7.55. The summed E-state index contributed by atoms with van der Waals surface area (Å²) in [6, 6.07) is 15.4. The van der Waals surface area contributed by atoms with Gasteiger partial charge in [-0.15, -0.1) is 0 Å². The Kier molecular flexibility index (Phi) is 5.46. The van der Waals surface area contributed by atoms with Gasteiger partial charge in [0.1, 0.15) is 5.75 Å². The third kappa shape index (κ3) is 4.13. The van der Waals surface area contributed by atoms with E-state index in [4.69, 9.17) is 5.11 Å². The number of aromatic hydroxyl groups is 1. The lowest BCUT2D eigenvalue weighted by molar-refractivity contribution is 0.302. The lowest BCUT2D eigenvalue weighted by Crippen LogP contribution is -2.25. The average Bonchev–Trinajstić information content (AvgIpc) is 2.52. The standard InChI is InChI=1S/C17H22N2O2/c1-2-19(11-12-20)16-9-7-15(8-10-16)18-13-14-5-3-4-6-17(14)21/h3-10,18,20-21H,2,11-13H2,1H3. The van der Waals surface area contributed by atoms with Gasteiger partial charge >= 0.3 is 0 Å². The summed E-state index contributed by atoms with van der Waals surface area (Å²) in [6.07, 6.45) is 0. The van der Waals surface area contributed by atoms with Gasteiger partial charge in [-0.3, -0.25) is 0 Å². The molecule has 0 unspecified atom stereocenters. The number of para-hydroxylation sites is 1. The third-order valence-corrected chi connectivity index (χ3v) is 3.46. The minimum Gasteiger partial charge on any atom is -0.508 e. The number of anilines is 2. The largest absolute Gasteiger partial charge is 0.508 e. The molecule has 2 aromatic rings. The number of nitrogens with zero attached hydrogens (tertiary/aromatic N) is 1. The van der Waals surface area contributed by atoms with E-state index in [0.717, 1.165) is 23.5 Å². The minimum atomic E-state index is 0.154. The Hall–Kier alpha value is -2.20. The Morgan fingerprint density at radius 3 is 2.38 bits per heavy atom. The Balaban J connectivity index is 1.98. The zero-order valence-corrected chi connectivity index (χ0v) is 12.3. The molecule has 0 aliphatic carbocycles. The molecule has 4 nitrogen and oxygen atoms in total. The van der Waals surface area contributed by atoms with E-state index in [2.05, 4.69) is 17.1 Å². The van der Waals surface area contributed by atoms with E-state index in [1.54, 1.807) is 6.07 Å². The number of hydrogen-bond donors (Lipinski definition) is 3. The molecule has 2 aromatic carbocycles. The summed E-state index contributed by atoms with van der Waals surface area (Å²) in [7, 11) is 0. The van der Waals surface area contributed by atoms with Crippen molar-refractivity contribution < 1.29 is 10.2 Å². The molecule has 0 atom stereocenters. The molecule has 0 aliphatic heterocycles. The minimum absolute atomic E-state index is 0.154. The summed E-state index contributed by atoms with van der Waals surface area (Å²) in [4.78, 5) is 2.12. The molecule has 0 radical (unpaired) electrons. The molecule has 3 N–H and O–H groups in total. The predicted octanol–water partition coefficient (Wildman–Crippen LogP) is 2.82. The number of phenols is 1. The van der Waals surface area contributed by atoms with E-state index in [9.17, 15) is 5.11 Å². The van der Waals surface area contributed by atoms with Crippen molar-refractivity contribution in [3.63, 3.8) is 0 Å². The Morgan fingerprint density at radius 1 is 1.05 bits per heavy atom. The number of aliphatic hydroxyl groups excluding tert-OH is 1. The molecule has 21 heavy (non-hydrogen) atoms. The highest BCUT2D eigenvalue weighted by Gasteiger charge is 2.04. The van der Waals surface area contributed by atoms with Crippen molar-refractivity contribution >= 4 is 11.4 Å². The van der Waals surface area contributed by atoms with Crippen LogP contribution in [0.3, 0.4) is 0 Å². The average molecular weight is 286 g/mol. The van der Waals surface area contributed by atoms with Crippen molar-refractivity contribution in [1.82, 2.24) is 0 Å². The highest BCUT2D eigenvalue weighted by Crippen LogP contribution is 2.20. The van der Waals surface area contributed by atoms with Gasteiger partial charge in [0.05, 0.1) is 6.61 Å². The van der Waals surface area contributed by atoms with Crippen molar-refractivity contribution in [3.8, 4) is 5.75 Å². The maximum Gasteiger partial charge on any atom is 0.120 e. The Morgan fingerprint density at radius 2 is 1.76 bits per heavy atom. The van der Waals surface area contributed by atoms with E-state index in [1.165, 1.54) is 0 Å². The fraction of sp³-hybridized carbons (Fsp3) is 0.294. The van der Waals surface area contributed by atoms with Crippen molar-refractivity contribution in [2.24, 2.45) is 0 Å². The van der Waals surface area contributed by atoms with Crippen LogP contribution in [-0.4, -0.2) is 29.9 Å². The zero-order chi connectivity index (χ0) is 15.1. The molecule has 0 aliphatic rings. The second-order valence-electron chi connectivity index (χ2n) is 4.83. The van der Waals surface area contributed by atoms with Crippen molar-refractivity contribution in [2.45, 2.75) is 13.5 Å². The molecule has 0 heterocycles. The first kappa shape index (κ1) is 15.2. The molecule has 0 spiro atoms. The molecular formula is C17H22N2O2. The van der Waals surface area contributed by atoms with Crippen molar-refractivity contribution in [1.29, 1.82) is 0 Å². The van der Waals surface area contributed by atoms with Crippen LogP contribution in [0.1, 0.15) is 12.5 Å². The fourth-order valence-corrected chi connectivity index (χ4v) is 2.24. The molecule has 0 fully saturated rings. The number of phenolic OH excluding ortho intramolecular Hbond substituents is 1. The van der Waals surface area contributed by atoms with Crippen molar-refractivity contribution in [3.05, 3.63) is 54.1 Å². The summed E-state index contributed by atoms with van der Waals surface area (Å²) < 4.78 is 0. The highest BCUT2D eigenvalue weighted by molar-refractivity contribution is 5.55. The van der Waals surface area contributed by atoms with Gasteiger partial charge in [-0.2, -0.15) is 0 Å². The van der Waals surface area contributed by atoms with Gasteiger partial charge in [0.2, 0.25) is 0 Å². The van der Waals surface area contributed by atoms with E-state index in [-0.39, 0.29) is 6.61 Å². The normalized spacial score (nSPS) is 10.4. The summed E-state index contributed by atoms with van der Waals surface area (Å²) in [5.41, 5.74) is 2.97. The van der Waals surface area contributed by atoms with Crippen LogP contribution in [0.2, 0.25) is 0 Å². The van der Waals surface area contributed by atoms with Crippen LogP contribution < -0.4 is 10.2 Å². The van der Waals surface area contributed by atoms with E-state index >= 15 is 0 Å². The Bertz CT molecular complexity index is 555. The molecule has 0 amide bonds. The molecule has 4 heteroatoms. The molecule has 0 saturated carbocycles. The third-order valence-electron chi connectivity index (χ3n) is 3.46. The number of benzene rings is 2. The number of aliphatic hydroxyl groups is 1. The quantitative estimate of drug-likeness (QED) is 0.732. The molecule has 112 valence electrons. The smallest absolute Gasteiger partial charge is 0.120 e. The summed E-state index contributed by atoms with van der Waals surface area (Å²) >= 11 is 0. The van der Waals surface area contributed by atoms with Gasteiger partial charge in [-0.25, -0.2) is 0 Å². The topological polar surface area (TPSA) is 55.7 Å². The molecular weight excluding hydrogens is 264 g/mol. The zero-order valence-electron chi connectivity index (χ0n) is 12.3. The summed E-state index contributed by atoms with van der Waals surface area (Å²) in [5, 5.41) is 22.1. The summed E-state index contributed by atoms with van der Waals surface area (Å²) in [5.74, 6) is 0.307. The molecule has 0 bridgehead atoms. The van der Waals surface area contributed by atoms with Crippen LogP contribution in [0.4, 0.5) is 11.4 Å². The first-order valence-corrected chi connectivity index (χ1v) is 7.21. The first-order chi connectivity index (χ1) is 10.2. The lowest BCUT2D eigenvalue weighted by Gasteiger charge is -2.22. The van der Waals surface area contributed by atoms with Crippen LogP contribution in [-0.2, 0) is 6.54 Å². The number of rotatable bonds is 7. The van der Waals surface area contributed by atoms with Gasteiger partial charge in [0.25, 0.3) is 0 Å². The second-order valence-corrected chi connectivity index (χ2v) is 4.83.